The maximum atomic E-state index is 14.6. The number of hydrogen-bond acceptors (Lipinski definition) is 7. The number of anilines is 5. The van der Waals surface area contributed by atoms with Crippen molar-refractivity contribution in [2.45, 2.75) is 6.42 Å². The van der Waals surface area contributed by atoms with Gasteiger partial charge in [-0.15, -0.1) is 6.42 Å². The van der Waals surface area contributed by atoms with E-state index in [0.717, 1.165) is 11.3 Å². The minimum absolute atomic E-state index is 0.00598. The molecule has 35 heavy (non-hydrogen) atoms. The molecule has 0 bridgehead atoms. The average Bonchev–Trinajstić information content (AvgIpc) is 2.98. The van der Waals surface area contributed by atoms with Crippen LogP contribution >= 0.6 is 11.6 Å². The van der Waals surface area contributed by atoms with Crippen molar-refractivity contribution in [1.29, 1.82) is 0 Å². The van der Waals surface area contributed by atoms with Gasteiger partial charge in [0.1, 0.15) is 10.8 Å². The molecule has 0 radical (unpaired) electrons. The van der Waals surface area contributed by atoms with Crippen LogP contribution in [0, 0.1) is 18.2 Å². The van der Waals surface area contributed by atoms with E-state index in [-0.39, 0.29) is 41.2 Å². The third-order valence-electron chi connectivity index (χ3n) is 5.16. The molecule has 0 saturated heterocycles. The van der Waals surface area contributed by atoms with Crippen LogP contribution in [0.5, 0.6) is 0 Å². The number of para-hydroxylation sites is 1. The largest absolute Gasteiger partial charge is 0.449 e. The lowest BCUT2D eigenvalue weighted by Gasteiger charge is -2.17. The van der Waals surface area contributed by atoms with Gasteiger partial charge in [0, 0.05) is 19.2 Å². The summed E-state index contributed by atoms with van der Waals surface area (Å²) in [4.78, 5) is 34.3. The molecule has 9 nitrogen and oxygen atoms in total. The van der Waals surface area contributed by atoms with E-state index in [1.807, 2.05) is 6.07 Å². The molecule has 0 saturated carbocycles. The van der Waals surface area contributed by atoms with Gasteiger partial charge < -0.3 is 20.7 Å². The summed E-state index contributed by atoms with van der Waals surface area (Å²) in [5.74, 6) is 1.35. The molecule has 3 aromatic rings. The fourth-order valence-corrected chi connectivity index (χ4v) is 3.60. The molecule has 0 aliphatic carbocycles. The number of cyclic esters (lactones) is 1. The lowest BCUT2D eigenvalue weighted by molar-refractivity contribution is 0.0959. The molecule has 2 aromatic carbocycles. The van der Waals surface area contributed by atoms with Crippen molar-refractivity contribution in [2.24, 2.45) is 0 Å². The monoisotopic (exact) mass is 494 g/mol. The predicted octanol–water partition coefficient (Wildman–Crippen LogP) is 4.25. The Kier molecular flexibility index (Phi) is 6.98. The van der Waals surface area contributed by atoms with Crippen LogP contribution in [0.2, 0.25) is 5.02 Å². The smallest absolute Gasteiger partial charge is 0.414 e. The molecule has 1 aromatic heterocycles. The minimum atomic E-state index is -0.672. The lowest BCUT2D eigenvalue weighted by atomic mass is 10.1. The molecule has 1 aliphatic heterocycles. The normalized spacial score (nSPS) is 12.6. The van der Waals surface area contributed by atoms with Crippen molar-refractivity contribution in [3.8, 4) is 12.3 Å². The van der Waals surface area contributed by atoms with Gasteiger partial charge in [-0.2, -0.15) is 4.98 Å². The summed E-state index contributed by atoms with van der Waals surface area (Å²) >= 11 is 6.24. The molecule has 2 amide bonds. The van der Waals surface area contributed by atoms with Crippen LogP contribution in [0.1, 0.15) is 15.9 Å². The summed E-state index contributed by atoms with van der Waals surface area (Å²) in [6.07, 6.45) is 6.67. The van der Waals surface area contributed by atoms with Gasteiger partial charge in [0.25, 0.3) is 5.91 Å². The number of benzene rings is 2. The molecule has 3 N–H and O–H groups in total. The van der Waals surface area contributed by atoms with E-state index in [1.165, 1.54) is 29.3 Å². The number of rotatable bonds is 6. The maximum absolute atomic E-state index is 14.6. The number of halogens is 2. The Labute approximate surface area is 205 Å². The zero-order valence-electron chi connectivity index (χ0n) is 18.6. The molecule has 0 spiro atoms. The molecule has 2 heterocycles. The fraction of sp³-hybridized carbons (Fsp3) is 0.167. The Morgan fingerprint density at radius 2 is 2.14 bits per heavy atom. The van der Waals surface area contributed by atoms with Crippen LogP contribution in [0.3, 0.4) is 0 Å². The van der Waals surface area contributed by atoms with Crippen molar-refractivity contribution >= 4 is 52.4 Å². The lowest BCUT2D eigenvalue weighted by Crippen LogP contribution is -2.25. The first-order valence-electron chi connectivity index (χ1n) is 10.5. The second kappa shape index (κ2) is 10.3. The molecular formula is C24H20ClFN6O3. The number of nitrogens with one attached hydrogen (secondary N) is 3. The summed E-state index contributed by atoms with van der Waals surface area (Å²) in [6, 6.07) is 9.49. The van der Waals surface area contributed by atoms with E-state index in [4.69, 9.17) is 22.8 Å². The van der Waals surface area contributed by atoms with Gasteiger partial charge in [-0.3, -0.25) is 9.69 Å². The topological polar surface area (TPSA) is 108 Å². The molecule has 0 atom stereocenters. The van der Waals surface area contributed by atoms with Crippen LogP contribution in [0.4, 0.5) is 38.0 Å². The first-order chi connectivity index (χ1) is 16.9. The first-order valence-corrected chi connectivity index (χ1v) is 10.9. The third kappa shape index (κ3) is 5.26. The van der Waals surface area contributed by atoms with Crippen molar-refractivity contribution in [1.82, 2.24) is 15.3 Å². The number of terminal acetylenes is 1. The first kappa shape index (κ1) is 23.8. The van der Waals surface area contributed by atoms with Crippen LogP contribution < -0.4 is 20.9 Å². The number of ether oxygens (including phenoxy) is 1. The highest BCUT2D eigenvalue weighted by Gasteiger charge is 2.21. The van der Waals surface area contributed by atoms with E-state index in [9.17, 15) is 14.0 Å². The predicted molar refractivity (Wildman–Crippen MR) is 131 cm³/mol. The van der Waals surface area contributed by atoms with Gasteiger partial charge in [0.15, 0.2) is 5.82 Å². The molecule has 0 fully saturated rings. The zero-order valence-corrected chi connectivity index (χ0v) is 19.3. The third-order valence-corrected chi connectivity index (χ3v) is 5.44. The van der Waals surface area contributed by atoms with Crippen LogP contribution in [-0.4, -0.2) is 42.2 Å². The maximum Gasteiger partial charge on any atom is 0.414 e. The van der Waals surface area contributed by atoms with E-state index < -0.39 is 17.8 Å². The van der Waals surface area contributed by atoms with E-state index in [2.05, 4.69) is 31.8 Å². The number of carbonyl (C=O) groups is 2. The van der Waals surface area contributed by atoms with Gasteiger partial charge in [-0.05, 0) is 35.9 Å². The Hall–Kier alpha value is -4.36. The molecule has 4 rings (SSSR count). The van der Waals surface area contributed by atoms with Gasteiger partial charge in [0.2, 0.25) is 5.95 Å². The van der Waals surface area contributed by atoms with Gasteiger partial charge >= 0.3 is 6.09 Å². The zero-order chi connectivity index (χ0) is 24.9. The summed E-state index contributed by atoms with van der Waals surface area (Å²) in [5, 5.41) is 8.48. The average molecular weight is 495 g/mol. The summed E-state index contributed by atoms with van der Waals surface area (Å²) in [5.41, 5.74) is 2.25. The number of aromatic nitrogens is 2. The highest BCUT2D eigenvalue weighted by molar-refractivity contribution is 6.33. The van der Waals surface area contributed by atoms with Crippen LogP contribution in [-0.2, 0) is 11.2 Å². The molecule has 0 unspecified atom stereocenters. The molecule has 1 aliphatic rings. The number of fused-ring (bicyclic) bond motifs is 1. The molecule has 11 heteroatoms. The second-order valence-electron chi connectivity index (χ2n) is 7.46. The number of hydrogen-bond donors (Lipinski definition) is 3. The van der Waals surface area contributed by atoms with Gasteiger partial charge in [-0.1, -0.05) is 23.6 Å². The quantitative estimate of drug-likeness (QED) is 0.440. The van der Waals surface area contributed by atoms with E-state index >= 15 is 0 Å². The summed E-state index contributed by atoms with van der Waals surface area (Å²) in [7, 11) is 1.64. The Balaban J connectivity index is 1.60. The number of carbonyl (C=O) groups excluding carboxylic acids is 2. The van der Waals surface area contributed by atoms with Crippen LogP contribution in [0.25, 0.3) is 0 Å². The summed E-state index contributed by atoms with van der Waals surface area (Å²) in [6.45, 7) is 0.263. The van der Waals surface area contributed by atoms with Crippen molar-refractivity contribution in [3.63, 3.8) is 0 Å². The Morgan fingerprint density at radius 1 is 1.31 bits per heavy atom. The SMILES string of the molecule is C#CCNC(=O)c1cccc(F)c1Nc1nc(Nc2ccc3c(c2)CCOC(=O)N3C)ncc1Cl. The number of nitrogens with zero attached hydrogens (tertiary/aromatic N) is 3. The van der Waals surface area contributed by atoms with Crippen molar-refractivity contribution in [2.75, 3.05) is 35.7 Å². The summed E-state index contributed by atoms with van der Waals surface area (Å²) < 4.78 is 19.8. The fourth-order valence-electron chi connectivity index (χ4n) is 3.46. The van der Waals surface area contributed by atoms with Gasteiger partial charge in [0.05, 0.1) is 36.3 Å². The highest BCUT2D eigenvalue weighted by atomic mass is 35.5. The Morgan fingerprint density at radius 3 is 2.94 bits per heavy atom. The standard InChI is InChI=1S/C24H20ClFN6O3/c1-3-10-27-22(33)16-5-4-6-18(26)20(16)30-21-17(25)13-28-23(31-21)29-15-7-8-19-14(12-15)9-11-35-24(34)32(19)2/h1,4-8,12-13H,9-11H2,2H3,(H,27,33)(H2,28,29,30,31). The van der Waals surface area contributed by atoms with Crippen molar-refractivity contribution in [3.05, 3.63) is 64.6 Å². The highest BCUT2D eigenvalue weighted by Crippen LogP contribution is 2.30. The minimum Gasteiger partial charge on any atom is -0.449 e. The van der Waals surface area contributed by atoms with E-state index in [1.54, 1.807) is 19.2 Å². The van der Waals surface area contributed by atoms with E-state index in [0.29, 0.717) is 12.1 Å². The van der Waals surface area contributed by atoms with Gasteiger partial charge in [-0.25, -0.2) is 14.2 Å². The second-order valence-corrected chi connectivity index (χ2v) is 7.86. The van der Waals surface area contributed by atoms with Crippen LogP contribution in [0.15, 0.2) is 42.6 Å². The number of amides is 2. The molecular weight excluding hydrogens is 475 g/mol. The Bertz CT molecular complexity index is 1340. The molecule has 178 valence electrons. The van der Waals surface area contributed by atoms with Crippen molar-refractivity contribution < 1.29 is 18.7 Å².